The summed E-state index contributed by atoms with van der Waals surface area (Å²) in [5.74, 6) is -1.23. The zero-order valence-electron chi connectivity index (χ0n) is 23.7. The van der Waals surface area contributed by atoms with Crippen molar-refractivity contribution >= 4 is 23.9 Å². The Balaban J connectivity index is 0.00000115. The summed E-state index contributed by atoms with van der Waals surface area (Å²) in [6.45, 7) is 9.61. The quantitative estimate of drug-likeness (QED) is 0.141. The highest BCUT2D eigenvalue weighted by molar-refractivity contribution is 6.03. The first-order valence-electron chi connectivity index (χ1n) is 13.9. The number of benzene rings is 1. The average molecular weight is 537 g/mol. The van der Waals surface area contributed by atoms with Gasteiger partial charge in [0.25, 0.3) is 0 Å². The molecule has 0 aliphatic heterocycles. The molecule has 0 aliphatic rings. The topological polar surface area (TPSA) is 127 Å². The fourth-order valence-electron chi connectivity index (χ4n) is 3.54. The zero-order valence-corrected chi connectivity index (χ0v) is 23.7. The van der Waals surface area contributed by atoms with Gasteiger partial charge in [-0.05, 0) is 49.7 Å². The molecule has 216 valence electrons. The van der Waals surface area contributed by atoms with Crippen LogP contribution < -0.4 is 0 Å². The Kier molecular flexibility index (Phi) is 20.4. The second-order valence-corrected chi connectivity index (χ2v) is 10.3. The van der Waals surface area contributed by atoms with Gasteiger partial charge in [-0.3, -0.25) is 9.59 Å². The van der Waals surface area contributed by atoms with Crippen LogP contribution in [0.4, 0.5) is 0 Å². The Hall–Kier alpha value is -2.90. The van der Waals surface area contributed by atoms with Gasteiger partial charge in [0.2, 0.25) is 0 Å². The maximum atomic E-state index is 12.4. The van der Waals surface area contributed by atoms with E-state index in [0.29, 0.717) is 37.9 Å². The lowest BCUT2D eigenvalue weighted by Gasteiger charge is -2.10. The van der Waals surface area contributed by atoms with E-state index in [1.54, 1.807) is 24.3 Å². The largest absolute Gasteiger partial charge is 0.481 e. The summed E-state index contributed by atoms with van der Waals surface area (Å²) in [5, 5.41) is 16.3. The fraction of sp³-hybridized carbons (Fsp3) is 0.667. The first kappa shape index (κ1) is 35.1. The molecule has 0 fully saturated rings. The van der Waals surface area contributed by atoms with E-state index in [9.17, 15) is 19.2 Å². The summed E-state index contributed by atoms with van der Waals surface area (Å²) in [4.78, 5) is 44.5. The first-order chi connectivity index (χ1) is 18.0. The number of carbonyl (C=O) groups excluding carboxylic acids is 2. The smallest absolute Gasteiger partial charge is 0.339 e. The van der Waals surface area contributed by atoms with Gasteiger partial charge in [0.05, 0.1) is 24.3 Å². The monoisotopic (exact) mass is 536 g/mol. The van der Waals surface area contributed by atoms with E-state index >= 15 is 0 Å². The minimum absolute atomic E-state index is 0.0628. The SMILES string of the molecule is CC(C)CCCCCOC(=O)c1ccccc1C(=O)OCCCCCC(C)C.O=C(O)CCCCC(=O)O. The number of aliphatic carboxylic acids is 2. The number of carboxylic acid groups (broad SMARTS) is 2. The molecule has 1 rings (SSSR count). The number of hydrogen-bond donors (Lipinski definition) is 2. The van der Waals surface area contributed by atoms with Gasteiger partial charge in [0, 0.05) is 12.8 Å². The van der Waals surface area contributed by atoms with Crippen molar-refractivity contribution in [1.29, 1.82) is 0 Å². The molecule has 0 aliphatic carbocycles. The van der Waals surface area contributed by atoms with Gasteiger partial charge in [-0.2, -0.15) is 0 Å². The Morgan fingerprint density at radius 3 is 1.29 bits per heavy atom. The predicted molar refractivity (Wildman–Crippen MR) is 147 cm³/mol. The molecular weight excluding hydrogens is 488 g/mol. The number of ether oxygens (including phenoxy) is 2. The van der Waals surface area contributed by atoms with E-state index in [2.05, 4.69) is 27.7 Å². The third-order valence-corrected chi connectivity index (χ3v) is 5.72. The molecule has 0 heterocycles. The number of carbonyl (C=O) groups is 4. The molecule has 1 aromatic carbocycles. The molecule has 0 atom stereocenters. The number of hydrogen-bond acceptors (Lipinski definition) is 6. The molecule has 0 radical (unpaired) electrons. The molecule has 0 amide bonds. The van der Waals surface area contributed by atoms with Gasteiger partial charge in [0.15, 0.2) is 0 Å². The lowest BCUT2D eigenvalue weighted by molar-refractivity contribution is -0.139. The molecule has 0 aromatic heterocycles. The second kappa shape index (κ2) is 22.1. The third-order valence-electron chi connectivity index (χ3n) is 5.72. The van der Waals surface area contributed by atoms with Crippen molar-refractivity contribution in [3.05, 3.63) is 35.4 Å². The van der Waals surface area contributed by atoms with Crippen LogP contribution in [0.2, 0.25) is 0 Å². The molecular formula is C30H48O8. The van der Waals surface area contributed by atoms with E-state index in [-0.39, 0.29) is 24.0 Å². The van der Waals surface area contributed by atoms with Gasteiger partial charge in [-0.1, -0.05) is 78.4 Å². The van der Waals surface area contributed by atoms with Gasteiger partial charge < -0.3 is 19.7 Å². The Bertz CT molecular complexity index is 749. The number of esters is 2. The van der Waals surface area contributed by atoms with E-state index < -0.39 is 23.9 Å². The molecule has 1 aromatic rings. The average Bonchev–Trinajstić information content (AvgIpc) is 2.85. The van der Waals surface area contributed by atoms with E-state index in [1.807, 2.05) is 0 Å². The fourth-order valence-corrected chi connectivity index (χ4v) is 3.54. The van der Waals surface area contributed by atoms with Crippen LogP contribution in [0, 0.1) is 11.8 Å². The van der Waals surface area contributed by atoms with Crippen molar-refractivity contribution < 1.29 is 38.9 Å². The van der Waals surface area contributed by atoms with Crippen LogP contribution in [0.3, 0.4) is 0 Å². The van der Waals surface area contributed by atoms with Crippen molar-refractivity contribution in [3.63, 3.8) is 0 Å². The van der Waals surface area contributed by atoms with Crippen LogP contribution in [0.15, 0.2) is 24.3 Å². The first-order valence-corrected chi connectivity index (χ1v) is 13.9. The van der Waals surface area contributed by atoms with E-state index in [1.165, 1.54) is 12.8 Å². The van der Waals surface area contributed by atoms with Gasteiger partial charge in [-0.15, -0.1) is 0 Å². The number of carboxylic acids is 2. The highest BCUT2D eigenvalue weighted by atomic mass is 16.5. The highest BCUT2D eigenvalue weighted by Gasteiger charge is 2.18. The molecule has 0 bridgehead atoms. The highest BCUT2D eigenvalue weighted by Crippen LogP contribution is 2.14. The Morgan fingerprint density at radius 1 is 0.605 bits per heavy atom. The minimum atomic E-state index is -0.870. The molecule has 0 spiro atoms. The van der Waals surface area contributed by atoms with Crippen molar-refractivity contribution in [2.45, 2.75) is 105 Å². The van der Waals surface area contributed by atoms with Crippen LogP contribution >= 0.6 is 0 Å². The zero-order chi connectivity index (χ0) is 28.8. The maximum Gasteiger partial charge on any atom is 0.339 e. The minimum Gasteiger partial charge on any atom is -0.481 e. The number of unbranched alkanes of at least 4 members (excludes halogenated alkanes) is 5. The van der Waals surface area contributed by atoms with Crippen molar-refractivity contribution in [2.75, 3.05) is 13.2 Å². The second-order valence-electron chi connectivity index (χ2n) is 10.3. The molecule has 0 saturated heterocycles. The van der Waals surface area contributed by atoms with E-state index in [0.717, 1.165) is 38.5 Å². The summed E-state index contributed by atoms with van der Waals surface area (Å²) < 4.78 is 10.7. The Morgan fingerprint density at radius 2 is 0.974 bits per heavy atom. The molecule has 8 heteroatoms. The van der Waals surface area contributed by atoms with Crippen LogP contribution in [0.5, 0.6) is 0 Å². The lowest BCUT2D eigenvalue weighted by Crippen LogP contribution is -2.15. The molecule has 0 saturated carbocycles. The van der Waals surface area contributed by atoms with Gasteiger partial charge in [-0.25, -0.2) is 9.59 Å². The summed E-state index contributed by atoms with van der Waals surface area (Å²) >= 11 is 0. The summed E-state index contributed by atoms with van der Waals surface area (Å²) in [6, 6.07) is 6.73. The predicted octanol–water partition coefficient (Wildman–Crippen LogP) is 7.15. The lowest BCUT2D eigenvalue weighted by atomic mass is 10.1. The molecule has 0 unspecified atom stereocenters. The van der Waals surface area contributed by atoms with Crippen molar-refractivity contribution in [1.82, 2.24) is 0 Å². The van der Waals surface area contributed by atoms with Crippen molar-refractivity contribution in [2.24, 2.45) is 11.8 Å². The maximum absolute atomic E-state index is 12.4. The normalized spacial score (nSPS) is 10.6. The van der Waals surface area contributed by atoms with Crippen LogP contribution in [0.1, 0.15) is 125 Å². The van der Waals surface area contributed by atoms with Gasteiger partial charge >= 0.3 is 23.9 Å². The summed E-state index contributed by atoms with van der Waals surface area (Å²) in [6.07, 6.45) is 9.50. The van der Waals surface area contributed by atoms with Gasteiger partial charge in [0.1, 0.15) is 0 Å². The van der Waals surface area contributed by atoms with Crippen molar-refractivity contribution in [3.8, 4) is 0 Å². The van der Waals surface area contributed by atoms with E-state index in [4.69, 9.17) is 19.7 Å². The standard InChI is InChI=1S/C24H38O4.C6H10O4/c1-19(2)13-7-5-11-17-27-23(25)21-15-9-10-16-22(21)24(26)28-18-12-6-8-14-20(3)4;7-5(8)3-1-2-4-6(9)10/h9-10,15-16,19-20H,5-8,11-14,17-18H2,1-4H3;1-4H2,(H,7,8)(H,9,10). The number of rotatable bonds is 19. The molecule has 38 heavy (non-hydrogen) atoms. The van der Waals surface area contributed by atoms with Crippen LogP contribution in [-0.2, 0) is 19.1 Å². The Labute approximate surface area is 228 Å². The third kappa shape index (κ3) is 20.2. The van der Waals surface area contributed by atoms with Crippen LogP contribution in [0.25, 0.3) is 0 Å². The van der Waals surface area contributed by atoms with Crippen LogP contribution in [-0.4, -0.2) is 47.3 Å². The summed E-state index contributed by atoms with van der Waals surface area (Å²) in [5.41, 5.74) is 0.573. The molecule has 2 N–H and O–H groups in total. The summed E-state index contributed by atoms with van der Waals surface area (Å²) in [7, 11) is 0. The molecule has 8 nitrogen and oxygen atoms in total.